The van der Waals surface area contributed by atoms with Gasteiger partial charge in [0.1, 0.15) is 24.6 Å². The Morgan fingerprint density at radius 2 is 2.06 bits per heavy atom. The Kier molecular flexibility index (Phi) is 3.51. The van der Waals surface area contributed by atoms with E-state index in [9.17, 15) is 9.90 Å². The summed E-state index contributed by atoms with van der Waals surface area (Å²) in [5.41, 5.74) is 0. The van der Waals surface area contributed by atoms with Gasteiger partial charge in [-0.2, -0.15) is 0 Å². The number of methoxy groups -OCH3 is 1. The summed E-state index contributed by atoms with van der Waals surface area (Å²) in [7, 11) is 1.50. The van der Waals surface area contributed by atoms with Gasteiger partial charge in [0.05, 0.1) is 6.10 Å². The number of fused-ring (bicyclic) bond motifs is 1. The highest BCUT2D eigenvalue weighted by atomic mass is 16.8. The molecule has 0 aromatic heterocycles. The highest BCUT2D eigenvalue weighted by Gasteiger charge is 2.57. The molecule has 0 amide bonds. The zero-order chi connectivity index (χ0) is 12.6. The van der Waals surface area contributed by atoms with E-state index in [1.54, 1.807) is 13.8 Å². The van der Waals surface area contributed by atoms with Crippen LogP contribution in [0.25, 0.3) is 0 Å². The van der Waals surface area contributed by atoms with Gasteiger partial charge in [0.2, 0.25) is 0 Å². The molecular weight excluding hydrogens is 228 g/mol. The van der Waals surface area contributed by atoms with Gasteiger partial charge in [-0.25, -0.2) is 0 Å². The first-order valence-electron chi connectivity index (χ1n) is 5.64. The lowest BCUT2D eigenvalue weighted by Crippen LogP contribution is -2.38. The first-order valence-corrected chi connectivity index (χ1v) is 5.64. The minimum atomic E-state index is -0.905. The van der Waals surface area contributed by atoms with E-state index >= 15 is 0 Å². The van der Waals surface area contributed by atoms with Gasteiger partial charge in [-0.1, -0.05) is 0 Å². The van der Waals surface area contributed by atoms with Gasteiger partial charge in [-0.05, 0) is 13.8 Å². The highest BCUT2D eigenvalue weighted by Crippen LogP contribution is 2.40. The second-order valence-corrected chi connectivity index (χ2v) is 4.74. The zero-order valence-electron chi connectivity index (χ0n) is 10.2. The van der Waals surface area contributed by atoms with Gasteiger partial charge < -0.3 is 28.8 Å². The van der Waals surface area contributed by atoms with Gasteiger partial charge in [-0.15, -0.1) is 0 Å². The Labute approximate surface area is 99.8 Å². The minimum Gasteiger partial charge on any atom is -0.390 e. The first-order chi connectivity index (χ1) is 7.98. The van der Waals surface area contributed by atoms with Crippen molar-refractivity contribution in [2.45, 2.75) is 56.8 Å². The normalized spacial score (nSPS) is 41.2. The van der Waals surface area contributed by atoms with E-state index in [2.05, 4.69) is 0 Å². The van der Waals surface area contributed by atoms with E-state index in [0.29, 0.717) is 6.29 Å². The summed E-state index contributed by atoms with van der Waals surface area (Å²) in [6.07, 6.45) is -2.20. The van der Waals surface area contributed by atoms with Crippen LogP contribution in [-0.2, 0) is 23.7 Å². The van der Waals surface area contributed by atoms with Gasteiger partial charge in [0.25, 0.3) is 0 Å². The third-order valence-electron chi connectivity index (χ3n) is 3.00. The molecule has 6 nitrogen and oxygen atoms in total. The average Bonchev–Trinajstić information content (AvgIpc) is 2.71. The van der Waals surface area contributed by atoms with E-state index in [0.717, 1.165) is 0 Å². The van der Waals surface area contributed by atoms with Crippen LogP contribution in [0.3, 0.4) is 0 Å². The van der Waals surface area contributed by atoms with Crippen molar-refractivity contribution in [2.24, 2.45) is 0 Å². The number of aliphatic hydroxyl groups excluding tert-OH is 1. The predicted octanol–water partition coefficient (Wildman–Crippen LogP) is -0.172. The minimum absolute atomic E-state index is 0.00805. The molecule has 1 N–H and O–H groups in total. The van der Waals surface area contributed by atoms with Crippen molar-refractivity contribution in [2.75, 3.05) is 7.11 Å². The smallest absolute Gasteiger partial charge is 0.186 e. The van der Waals surface area contributed by atoms with Crippen LogP contribution in [0.5, 0.6) is 0 Å². The summed E-state index contributed by atoms with van der Waals surface area (Å²) >= 11 is 0. The van der Waals surface area contributed by atoms with Gasteiger partial charge in [0.15, 0.2) is 12.1 Å². The van der Waals surface area contributed by atoms with Gasteiger partial charge >= 0.3 is 0 Å². The van der Waals surface area contributed by atoms with Crippen LogP contribution in [0, 0.1) is 0 Å². The fourth-order valence-corrected chi connectivity index (χ4v) is 2.32. The standard InChI is InChI=1S/C11H18O6/c1-11(2)16-8-7(6(13)4-5-12)15-10(14-3)9(8)17-11/h5-10,13H,4H2,1-3H3/t6-,7-,8+,9+,10-/m1/s1. The summed E-state index contributed by atoms with van der Waals surface area (Å²) in [6.45, 7) is 3.59. The van der Waals surface area contributed by atoms with Crippen molar-refractivity contribution in [3.63, 3.8) is 0 Å². The number of hydrogen-bond donors (Lipinski definition) is 1. The molecule has 98 valence electrons. The van der Waals surface area contributed by atoms with E-state index in [4.69, 9.17) is 18.9 Å². The molecule has 0 radical (unpaired) electrons. The molecule has 2 heterocycles. The third-order valence-corrected chi connectivity index (χ3v) is 3.00. The van der Waals surface area contributed by atoms with Crippen molar-refractivity contribution in [3.8, 4) is 0 Å². The van der Waals surface area contributed by atoms with E-state index in [-0.39, 0.29) is 12.5 Å². The van der Waals surface area contributed by atoms with Crippen LogP contribution in [0.1, 0.15) is 20.3 Å². The average molecular weight is 246 g/mol. The molecule has 0 saturated carbocycles. The first kappa shape index (κ1) is 12.9. The largest absolute Gasteiger partial charge is 0.390 e. The van der Waals surface area contributed by atoms with Gasteiger partial charge in [-0.3, -0.25) is 0 Å². The molecule has 0 bridgehead atoms. The Hall–Kier alpha value is -0.530. The molecule has 5 atom stereocenters. The number of hydrogen-bond acceptors (Lipinski definition) is 6. The molecule has 6 heteroatoms. The number of rotatable bonds is 4. The predicted molar refractivity (Wildman–Crippen MR) is 56.2 cm³/mol. The quantitative estimate of drug-likeness (QED) is 0.694. The number of ether oxygens (including phenoxy) is 4. The molecule has 0 aliphatic carbocycles. The van der Waals surface area contributed by atoms with Gasteiger partial charge in [0, 0.05) is 13.5 Å². The van der Waals surface area contributed by atoms with Crippen LogP contribution in [0.15, 0.2) is 0 Å². The summed E-state index contributed by atoms with van der Waals surface area (Å²) in [6, 6.07) is 0. The summed E-state index contributed by atoms with van der Waals surface area (Å²) < 4.78 is 22.0. The lowest BCUT2D eigenvalue weighted by Gasteiger charge is -2.25. The number of carbonyl (C=O) groups excluding carboxylic acids is 1. The highest BCUT2D eigenvalue weighted by molar-refractivity contribution is 5.50. The van der Waals surface area contributed by atoms with Crippen LogP contribution in [0.2, 0.25) is 0 Å². The van der Waals surface area contributed by atoms with E-state index < -0.39 is 30.4 Å². The van der Waals surface area contributed by atoms with Crippen LogP contribution < -0.4 is 0 Å². The second kappa shape index (κ2) is 4.62. The molecule has 2 aliphatic heterocycles. The molecule has 2 aliphatic rings. The molecule has 2 saturated heterocycles. The maximum atomic E-state index is 10.4. The monoisotopic (exact) mass is 246 g/mol. The molecule has 17 heavy (non-hydrogen) atoms. The van der Waals surface area contributed by atoms with Crippen molar-refractivity contribution in [1.82, 2.24) is 0 Å². The van der Waals surface area contributed by atoms with Crippen molar-refractivity contribution in [3.05, 3.63) is 0 Å². The lowest BCUT2D eigenvalue weighted by molar-refractivity contribution is -0.236. The SMILES string of the molecule is CO[C@@H]1O[C@H]([C@H](O)CC=O)[C@@H]2OC(C)(C)O[C@H]12. The number of carbonyl (C=O) groups is 1. The fraction of sp³-hybridized carbons (Fsp3) is 0.909. The summed E-state index contributed by atoms with van der Waals surface area (Å²) in [4.78, 5) is 10.4. The lowest BCUT2D eigenvalue weighted by atomic mass is 10.0. The van der Waals surface area contributed by atoms with Crippen molar-refractivity contribution < 1.29 is 28.8 Å². The van der Waals surface area contributed by atoms with Crippen molar-refractivity contribution in [1.29, 1.82) is 0 Å². The van der Waals surface area contributed by atoms with Crippen LogP contribution >= 0.6 is 0 Å². The topological polar surface area (TPSA) is 74.2 Å². The summed E-state index contributed by atoms with van der Waals surface area (Å²) in [5, 5.41) is 9.83. The van der Waals surface area contributed by atoms with E-state index in [1.807, 2.05) is 0 Å². The maximum absolute atomic E-state index is 10.4. The molecule has 0 aromatic rings. The molecule has 0 aromatic carbocycles. The number of aliphatic hydroxyl groups is 1. The number of aldehydes is 1. The zero-order valence-corrected chi connectivity index (χ0v) is 10.2. The van der Waals surface area contributed by atoms with E-state index in [1.165, 1.54) is 7.11 Å². The summed E-state index contributed by atoms with van der Waals surface area (Å²) in [5.74, 6) is -0.727. The fourth-order valence-electron chi connectivity index (χ4n) is 2.32. The maximum Gasteiger partial charge on any atom is 0.186 e. The molecular formula is C11H18O6. The Morgan fingerprint density at radius 3 is 2.65 bits per heavy atom. The molecule has 0 spiro atoms. The Bertz CT molecular complexity index is 292. The molecule has 2 fully saturated rings. The Morgan fingerprint density at radius 1 is 1.41 bits per heavy atom. The van der Waals surface area contributed by atoms with Crippen LogP contribution in [0.4, 0.5) is 0 Å². The van der Waals surface area contributed by atoms with Crippen LogP contribution in [-0.4, -0.2) is 55.0 Å². The Balaban J connectivity index is 2.12. The molecule has 0 unspecified atom stereocenters. The third kappa shape index (κ3) is 2.36. The second-order valence-electron chi connectivity index (χ2n) is 4.74. The van der Waals surface area contributed by atoms with Crippen molar-refractivity contribution >= 4 is 6.29 Å². The molecule has 2 rings (SSSR count).